The van der Waals surface area contributed by atoms with E-state index >= 15 is 0 Å². The molecule has 0 atom stereocenters. The van der Waals surface area contributed by atoms with E-state index in [0.717, 1.165) is 24.0 Å². The second-order valence-corrected chi connectivity index (χ2v) is 7.05. The highest BCUT2D eigenvalue weighted by atomic mass is 16.4. The van der Waals surface area contributed by atoms with Crippen molar-refractivity contribution in [3.63, 3.8) is 0 Å². The summed E-state index contributed by atoms with van der Waals surface area (Å²) in [5.74, 6) is -1.95. The highest BCUT2D eigenvalue weighted by Gasteiger charge is 2.22. The molecule has 5 nitrogen and oxygen atoms in total. The third-order valence-corrected chi connectivity index (χ3v) is 4.92. The van der Waals surface area contributed by atoms with Gasteiger partial charge in [0.05, 0.1) is 17.2 Å². The highest BCUT2D eigenvalue weighted by molar-refractivity contribution is 5.95. The summed E-state index contributed by atoms with van der Waals surface area (Å²) in [6, 6.07) is 14.8. The Morgan fingerprint density at radius 2 is 1.47 bits per heavy atom. The molecule has 0 fully saturated rings. The number of allylic oxidation sites excluding steroid dienone is 6. The Morgan fingerprint density at radius 1 is 0.906 bits per heavy atom. The number of hydrogen-bond donors (Lipinski definition) is 2. The predicted molar refractivity (Wildman–Crippen MR) is 126 cm³/mol. The quantitative estimate of drug-likeness (QED) is 0.445. The van der Waals surface area contributed by atoms with Gasteiger partial charge in [0, 0.05) is 6.08 Å². The van der Waals surface area contributed by atoms with Gasteiger partial charge in [-0.15, -0.1) is 0 Å². The number of carbonyl (C=O) groups is 2. The number of carboxylic acid groups (broad SMARTS) is 2. The van der Waals surface area contributed by atoms with Gasteiger partial charge < -0.3 is 10.2 Å². The van der Waals surface area contributed by atoms with Crippen LogP contribution in [-0.2, 0) is 12.8 Å². The van der Waals surface area contributed by atoms with Crippen LogP contribution in [0.25, 0.3) is 6.08 Å². The first-order valence-electron chi connectivity index (χ1n) is 10.2. The standard InChI is InChI=1S/C15H13N.C12H12O4/c1-2-3-7-15(12-13-16)11-10-14-8-5-4-6-9-14;13-11(14)9-5-6-10(12(15)16)8-4-2-1-3-7(8)9/h2-12H,1H2;5-6H,1-4H2,(H,13,14)(H,15,16). The third-order valence-electron chi connectivity index (χ3n) is 4.92. The van der Waals surface area contributed by atoms with E-state index < -0.39 is 11.9 Å². The summed E-state index contributed by atoms with van der Waals surface area (Å²) in [6.45, 7) is 3.59. The Hall–Kier alpha value is -4.17. The predicted octanol–water partition coefficient (Wildman–Crippen LogP) is 5.85. The molecule has 2 aromatic carbocycles. The fourth-order valence-electron chi connectivity index (χ4n) is 3.43. The van der Waals surface area contributed by atoms with Gasteiger partial charge in [-0.1, -0.05) is 67.3 Å². The summed E-state index contributed by atoms with van der Waals surface area (Å²) in [5.41, 5.74) is 3.88. The summed E-state index contributed by atoms with van der Waals surface area (Å²) in [7, 11) is 0. The Kier molecular flexibility index (Phi) is 9.42. The molecule has 32 heavy (non-hydrogen) atoms. The first kappa shape index (κ1) is 24.1. The molecule has 1 aliphatic rings. The lowest BCUT2D eigenvalue weighted by molar-refractivity contribution is 0.0678. The molecule has 0 spiro atoms. The van der Waals surface area contributed by atoms with Crippen LogP contribution < -0.4 is 0 Å². The van der Waals surface area contributed by atoms with Crippen molar-refractivity contribution in [1.82, 2.24) is 0 Å². The summed E-state index contributed by atoms with van der Waals surface area (Å²) >= 11 is 0. The molecular formula is C27H25NO4. The molecule has 0 radical (unpaired) electrons. The molecule has 5 heteroatoms. The fraction of sp³-hybridized carbons (Fsp3) is 0.148. The van der Waals surface area contributed by atoms with Crippen molar-refractivity contribution in [2.24, 2.45) is 0 Å². The zero-order valence-corrected chi connectivity index (χ0v) is 17.7. The van der Waals surface area contributed by atoms with Crippen LogP contribution in [0, 0.1) is 11.3 Å². The average Bonchev–Trinajstić information content (AvgIpc) is 2.81. The first-order valence-corrected chi connectivity index (χ1v) is 10.2. The third kappa shape index (κ3) is 6.96. The molecule has 2 aromatic rings. The number of nitrogens with zero attached hydrogens (tertiary/aromatic N) is 1. The minimum atomic E-state index is -0.977. The van der Waals surface area contributed by atoms with Crippen molar-refractivity contribution in [2.75, 3.05) is 0 Å². The molecule has 1 aliphatic carbocycles. The molecular weight excluding hydrogens is 402 g/mol. The van der Waals surface area contributed by atoms with Crippen molar-refractivity contribution in [3.05, 3.63) is 113 Å². The fourth-order valence-corrected chi connectivity index (χ4v) is 3.43. The molecule has 0 unspecified atom stereocenters. The van der Waals surface area contributed by atoms with Gasteiger partial charge >= 0.3 is 11.9 Å². The number of aromatic carboxylic acids is 2. The van der Waals surface area contributed by atoms with Crippen LogP contribution in [0.5, 0.6) is 0 Å². The van der Waals surface area contributed by atoms with E-state index in [0.29, 0.717) is 24.0 Å². The van der Waals surface area contributed by atoms with Crippen molar-refractivity contribution in [2.45, 2.75) is 25.7 Å². The topological polar surface area (TPSA) is 98.4 Å². The number of carboxylic acids is 2. The van der Waals surface area contributed by atoms with E-state index in [4.69, 9.17) is 15.5 Å². The van der Waals surface area contributed by atoms with Gasteiger partial charge in [-0.25, -0.2) is 9.59 Å². The van der Waals surface area contributed by atoms with E-state index in [-0.39, 0.29) is 11.1 Å². The van der Waals surface area contributed by atoms with Gasteiger partial charge in [0.15, 0.2) is 0 Å². The Labute approximate surface area is 188 Å². The molecule has 0 saturated carbocycles. The molecule has 0 bridgehead atoms. The number of hydrogen-bond acceptors (Lipinski definition) is 3. The molecule has 162 valence electrons. The van der Waals surface area contributed by atoms with E-state index in [1.807, 2.05) is 54.6 Å². The average molecular weight is 428 g/mol. The molecule has 3 rings (SSSR count). The van der Waals surface area contributed by atoms with Crippen molar-refractivity contribution < 1.29 is 19.8 Å². The van der Waals surface area contributed by atoms with Gasteiger partial charge in [0.1, 0.15) is 0 Å². The zero-order chi connectivity index (χ0) is 23.3. The van der Waals surface area contributed by atoms with Crippen LogP contribution >= 0.6 is 0 Å². The van der Waals surface area contributed by atoms with Gasteiger partial charge in [0.25, 0.3) is 0 Å². The van der Waals surface area contributed by atoms with Crippen molar-refractivity contribution in [3.8, 4) is 6.07 Å². The van der Waals surface area contributed by atoms with Gasteiger partial charge in [-0.05, 0) is 60.1 Å². The smallest absolute Gasteiger partial charge is 0.335 e. The molecule has 0 aliphatic heterocycles. The molecule has 0 heterocycles. The summed E-state index contributed by atoms with van der Waals surface area (Å²) in [5, 5.41) is 26.7. The number of fused-ring (bicyclic) bond motifs is 1. The van der Waals surface area contributed by atoms with Crippen molar-refractivity contribution in [1.29, 1.82) is 5.26 Å². The summed E-state index contributed by atoms with van der Waals surface area (Å²) in [4.78, 5) is 22.0. The molecule has 0 aromatic heterocycles. The van der Waals surface area contributed by atoms with Crippen LogP contribution in [0.2, 0.25) is 0 Å². The summed E-state index contributed by atoms with van der Waals surface area (Å²) in [6.07, 6.45) is 13.9. The normalized spacial score (nSPS) is 13.0. The van der Waals surface area contributed by atoms with Crippen LogP contribution in [0.4, 0.5) is 0 Å². The SMILES string of the molecule is C=CC=CC(C=Cc1ccccc1)=CC#N.O=C(O)c1ccc(C(=O)O)c2c1CCCC2. The number of nitriles is 1. The molecule has 0 saturated heterocycles. The second-order valence-electron chi connectivity index (χ2n) is 7.05. The van der Waals surface area contributed by atoms with E-state index in [1.165, 1.54) is 18.2 Å². The molecule has 0 amide bonds. The number of benzene rings is 2. The maximum atomic E-state index is 11.0. The number of rotatable bonds is 6. The van der Waals surface area contributed by atoms with Crippen LogP contribution in [0.15, 0.2) is 85.0 Å². The van der Waals surface area contributed by atoms with E-state index in [1.54, 1.807) is 12.2 Å². The highest BCUT2D eigenvalue weighted by Crippen LogP contribution is 2.27. The van der Waals surface area contributed by atoms with Gasteiger partial charge in [-0.3, -0.25) is 0 Å². The Balaban J connectivity index is 0.000000227. The van der Waals surface area contributed by atoms with Gasteiger partial charge in [-0.2, -0.15) is 5.26 Å². The zero-order valence-electron chi connectivity index (χ0n) is 17.7. The van der Waals surface area contributed by atoms with Crippen LogP contribution in [0.3, 0.4) is 0 Å². The largest absolute Gasteiger partial charge is 0.478 e. The van der Waals surface area contributed by atoms with Crippen LogP contribution in [-0.4, -0.2) is 22.2 Å². The Bertz CT molecular complexity index is 1060. The maximum absolute atomic E-state index is 11.0. The second kappa shape index (κ2) is 12.5. The maximum Gasteiger partial charge on any atom is 0.335 e. The lowest BCUT2D eigenvalue weighted by atomic mass is 9.85. The van der Waals surface area contributed by atoms with E-state index in [9.17, 15) is 9.59 Å². The Morgan fingerprint density at radius 3 is 1.94 bits per heavy atom. The minimum absolute atomic E-state index is 0.250. The monoisotopic (exact) mass is 427 g/mol. The molecule has 2 N–H and O–H groups in total. The minimum Gasteiger partial charge on any atom is -0.478 e. The lowest BCUT2D eigenvalue weighted by Crippen LogP contribution is -2.15. The van der Waals surface area contributed by atoms with Crippen molar-refractivity contribution >= 4 is 18.0 Å². The summed E-state index contributed by atoms with van der Waals surface area (Å²) < 4.78 is 0. The van der Waals surface area contributed by atoms with E-state index in [2.05, 4.69) is 6.58 Å². The van der Waals surface area contributed by atoms with Crippen LogP contribution in [0.1, 0.15) is 50.2 Å². The van der Waals surface area contributed by atoms with Gasteiger partial charge in [0.2, 0.25) is 0 Å². The lowest BCUT2D eigenvalue weighted by Gasteiger charge is -2.19. The first-order chi connectivity index (χ1) is 15.5.